The summed E-state index contributed by atoms with van der Waals surface area (Å²) in [5, 5.41) is 5.25. The quantitative estimate of drug-likeness (QED) is 0.810. The van der Waals surface area contributed by atoms with Crippen LogP contribution < -0.4 is 10.6 Å². The third kappa shape index (κ3) is 5.18. The van der Waals surface area contributed by atoms with Gasteiger partial charge in [-0.05, 0) is 37.6 Å². The average molecular weight is 312 g/mol. The van der Waals surface area contributed by atoms with Gasteiger partial charge in [-0.2, -0.15) is 0 Å². The van der Waals surface area contributed by atoms with Crippen molar-refractivity contribution in [1.29, 1.82) is 0 Å². The van der Waals surface area contributed by atoms with Crippen LogP contribution in [0.15, 0.2) is 29.2 Å². The lowest BCUT2D eigenvalue weighted by molar-refractivity contribution is -0.122. The molecule has 0 aliphatic heterocycles. The van der Waals surface area contributed by atoms with Gasteiger partial charge in [-0.1, -0.05) is 6.92 Å². The fourth-order valence-electron chi connectivity index (χ4n) is 1.60. The van der Waals surface area contributed by atoms with E-state index in [4.69, 9.17) is 0 Å². The molecule has 21 heavy (non-hydrogen) atoms. The third-order valence-corrected chi connectivity index (χ3v) is 3.96. The molecule has 2 N–H and O–H groups in total. The SMILES string of the molecule is CCCNC(=O)[C@@H](C)NC(=O)c1ccc(S(C)(=O)=O)cc1. The highest BCUT2D eigenvalue weighted by molar-refractivity contribution is 7.90. The van der Waals surface area contributed by atoms with Crippen LogP contribution in [-0.4, -0.2) is 39.1 Å². The summed E-state index contributed by atoms with van der Waals surface area (Å²) in [6.07, 6.45) is 1.92. The molecule has 1 rings (SSSR count). The summed E-state index contributed by atoms with van der Waals surface area (Å²) in [6, 6.07) is 4.92. The Morgan fingerprint density at radius 1 is 1.19 bits per heavy atom. The van der Waals surface area contributed by atoms with Crippen LogP contribution in [0.4, 0.5) is 0 Å². The summed E-state index contributed by atoms with van der Waals surface area (Å²) in [4.78, 5) is 23.7. The molecule has 0 radical (unpaired) electrons. The summed E-state index contributed by atoms with van der Waals surface area (Å²) in [5.41, 5.74) is 0.303. The van der Waals surface area contributed by atoms with Gasteiger partial charge in [0.25, 0.3) is 5.91 Å². The molecule has 1 aromatic rings. The normalized spacial score (nSPS) is 12.5. The highest BCUT2D eigenvalue weighted by atomic mass is 32.2. The molecule has 0 unspecified atom stereocenters. The number of carbonyl (C=O) groups is 2. The Bertz CT molecular complexity index is 608. The van der Waals surface area contributed by atoms with Crippen molar-refractivity contribution in [2.75, 3.05) is 12.8 Å². The van der Waals surface area contributed by atoms with Gasteiger partial charge in [-0.3, -0.25) is 9.59 Å². The van der Waals surface area contributed by atoms with Crippen molar-refractivity contribution in [2.45, 2.75) is 31.2 Å². The summed E-state index contributed by atoms with van der Waals surface area (Å²) >= 11 is 0. The number of carbonyl (C=O) groups excluding carboxylic acids is 2. The van der Waals surface area contributed by atoms with Gasteiger partial charge in [0.1, 0.15) is 6.04 Å². The predicted molar refractivity (Wildman–Crippen MR) is 79.8 cm³/mol. The molecule has 0 fully saturated rings. The van der Waals surface area contributed by atoms with Crippen LogP contribution in [0.25, 0.3) is 0 Å². The maximum Gasteiger partial charge on any atom is 0.251 e. The smallest absolute Gasteiger partial charge is 0.251 e. The number of hydrogen-bond donors (Lipinski definition) is 2. The molecule has 0 bridgehead atoms. The summed E-state index contributed by atoms with van der Waals surface area (Å²) in [6.45, 7) is 4.09. The molecule has 6 nitrogen and oxygen atoms in total. The zero-order valence-electron chi connectivity index (χ0n) is 12.3. The highest BCUT2D eigenvalue weighted by Crippen LogP contribution is 2.10. The van der Waals surface area contributed by atoms with E-state index >= 15 is 0 Å². The average Bonchev–Trinajstić information content (AvgIpc) is 2.43. The topological polar surface area (TPSA) is 92.3 Å². The van der Waals surface area contributed by atoms with Gasteiger partial charge >= 0.3 is 0 Å². The van der Waals surface area contributed by atoms with Gasteiger partial charge < -0.3 is 10.6 Å². The Hall–Kier alpha value is -1.89. The molecule has 2 amide bonds. The lowest BCUT2D eigenvalue weighted by Crippen LogP contribution is -2.45. The van der Waals surface area contributed by atoms with E-state index in [2.05, 4.69) is 10.6 Å². The third-order valence-electron chi connectivity index (χ3n) is 2.83. The number of sulfone groups is 1. The summed E-state index contributed by atoms with van der Waals surface area (Å²) in [7, 11) is -3.29. The molecule has 0 spiro atoms. The first kappa shape index (κ1) is 17.2. The van der Waals surface area contributed by atoms with Gasteiger partial charge in [-0.15, -0.1) is 0 Å². The highest BCUT2D eigenvalue weighted by Gasteiger charge is 2.16. The lowest BCUT2D eigenvalue weighted by atomic mass is 10.2. The van der Waals surface area contributed by atoms with E-state index in [9.17, 15) is 18.0 Å². The van der Waals surface area contributed by atoms with Crippen LogP contribution in [0, 0.1) is 0 Å². The predicted octanol–water partition coefficient (Wildman–Crippen LogP) is 0.735. The van der Waals surface area contributed by atoms with Gasteiger partial charge in [-0.25, -0.2) is 8.42 Å². The zero-order chi connectivity index (χ0) is 16.0. The number of nitrogens with one attached hydrogen (secondary N) is 2. The van der Waals surface area contributed by atoms with Crippen LogP contribution >= 0.6 is 0 Å². The van der Waals surface area contributed by atoms with Crippen molar-refractivity contribution in [2.24, 2.45) is 0 Å². The minimum absolute atomic E-state index is 0.146. The van der Waals surface area contributed by atoms with E-state index in [0.717, 1.165) is 12.7 Å². The van der Waals surface area contributed by atoms with E-state index in [1.165, 1.54) is 24.3 Å². The molecular formula is C14H20N2O4S. The molecule has 116 valence electrons. The van der Waals surface area contributed by atoms with E-state index in [-0.39, 0.29) is 10.8 Å². The zero-order valence-corrected chi connectivity index (χ0v) is 13.2. The maximum atomic E-state index is 12.0. The summed E-state index contributed by atoms with van der Waals surface area (Å²) in [5.74, 6) is -0.674. The second-order valence-electron chi connectivity index (χ2n) is 4.78. The largest absolute Gasteiger partial charge is 0.354 e. The first-order valence-corrected chi connectivity index (χ1v) is 8.53. The number of amides is 2. The fourth-order valence-corrected chi connectivity index (χ4v) is 2.23. The molecule has 0 aromatic heterocycles. The van der Waals surface area contributed by atoms with Crippen LogP contribution in [0.1, 0.15) is 30.6 Å². The van der Waals surface area contributed by atoms with Crippen molar-refractivity contribution >= 4 is 21.7 Å². The number of rotatable bonds is 6. The number of benzene rings is 1. The van der Waals surface area contributed by atoms with Crippen molar-refractivity contribution < 1.29 is 18.0 Å². The summed E-state index contributed by atoms with van der Waals surface area (Å²) < 4.78 is 22.7. The monoisotopic (exact) mass is 312 g/mol. The Morgan fingerprint density at radius 2 is 1.76 bits per heavy atom. The Balaban J connectivity index is 2.70. The molecule has 0 aliphatic rings. The maximum absolute atomic E-state index is 12.0. The second-order valence-corrected chi connectivity index (χ2v) is 6.80. The Labute approximate surface area is 124 Å². The Morgan fingerprint density at radius 3 is 2.24 bits per heavy atom. The molecular weight excluding hydrogens is 292 g/mol. The number of hydrogen-bond acceptors (Lipinski definition) is 4. The fraction of sp³-hybridized carbons (Fsp3) is 0.429. The minimum Gasteiger partial charge on any atom is -0.354 e. The first-order valence-electron chi connectivity index (χ1n) is 6.64. The van der Waals surface area contributed by atoms with Gasteiger partial charge in [0, 0.05) is 18.4 Å². The van der Waals surface area contributed by atoms with Crippen molar-refractivity contribution in [3.05, 3.63) is 29.8 Å². The molecule has 0 aliphatic carbocycles. The van der Waals surface area contributed by atoms with E-state index in [0.29, 0.717) is 12.1 Å². The second kappa shape index (κ2) is 7.21. The molecule has 1 atom stereocenters. The van der Waals surface area contributed by atoms with Gasteiger partial charge in [0.2, 0.25) is 5.91 Å². The molecule has 0 heterocycles. The van der Waals surface area contributed by atoms with Gasteiger partial charge in [0.05, 0.1) is 4.90 Å². The van der Waals surface area contributed by atoms with Crippen molar-refractivity contribution in [3.8, 4) is 0 Å². The first-order chi connectivity index (χ1) is 9.75. The minimum atomic E-state index is -3.29. The Kier molecular flexibility index (Phi) is 5.90. The standard InChI is InChI=1S/C14H20N2O4S/c1-4-9-15-13(17)10(2)16-14(18)11-5-7-12(8-6-11)21(3,19)20/h5-8,10H,4,9H2,1-3H3,(H,15,17)(H,16,18)/t10-/m1/s1. The molecule has 7 heteroatoms. The molecule has 0 saturated heterocycles. The van der Waals surface area contributed by atoms with E-state index < -0.39 is 21.8 Å². The van der Waals surface area contributed by atoms with E-state index in [1.807, 2.05) is 6.92 Å². The lowest BCUT2D eigenvalue weighted by Gasteiger charge is -2.13. The van der Waals surface area contributed by atoms with Gasteiger partial charge in [0.15, 0.2) is 9.84 Å². The van der Waals surface area contributed by atoms with Crippen LogP contribution in [0.3, 0.4) is 0 Å². The van der Waals surface area contributed by atoms with Crippen LogP contribution in [0.2, 0.25) is 0 Å². The van der Waals surface area contributed by atoms with E-state index in [1.54, 1.807) is 6.92 Å². The van der Waals surface area contributed by atoms with Crippen LogP contribution in [-0.2, 0) is 14.6 Å². The van der Waals surface area contributed by atoms with Crippen molar-refractivity contribution in [1.82, 2.24) is 10.6 Å². The van der Waals surface area contributed by atoms with Crippen LogP contribution in [0.5, 0.6) is 0 Å². The van der Waals surface area contributed by atoms with Crippen molar-refractivity contribution in [3.63, 3.8) is 0 Å². The molecule has 1 aromatic carbocycles. The molecule has 0 saturated carbocycles.